The molecule has 1 amide bonds. The third kappa shape index (κ3) is 4.93. The maximum absolute atomic E-state index is 12.2. The van der Waals surface area contributed by atoms with Crippen molar-refractivity contribution in [2.75, 3.05) is 26.7 Å². The van der Waals surface area contributed by atoms with Gasteiger partial charge in [0.1, 0.15) is 0 Å². The van der Waals surface area contributed by atoms with E-state index in [0.29, 0.717) is 12.0 Å². The Labute approximate surface area is 148 Å². The van der Waals surface area contributed by atoms with Crippen LogP contribution in [0.3, 0.4) is 0 Å². The van der Waals surface area contributed by atoms with E-state index < -0.39 is 5.54 Å². The van der Waals surface area contributed by atoms with Crippen molar-refractivity contribution >= 4 is 5.91 Å². The van der Waals surface area contributed by atoms with E-state index in [0.717, 1.165) is 19.6 Å². The first-order valence-electron chi connectivity index (χ1n) is 9.45. The van der Waals surface area contributed by atoms with Gasteiger partial charge in [-0.1, -0.05) is 0 Å². The van der Waals surface area contributed by atoms with E-state index in [1.165, 1.54) is 19.3 Å². The molecule has 0 radical (unpaired) electrons. The van der Waals surface area contributed by atoms with Gasteiger partial charge in [0, 0.05) is 30.2 Å². The fourth-order valence-electron chi connectivity index (χ4n) is 4.46. The Morgan fingerprint density at radius 3 is 2.33 bits per heavy atom. The summed E-state index contributed by atoms with van der Waals surface area (Å²) < 4.78 is 0. The van der Waals surface area contributed by atoms with Gasteiger partial charge in [-0.25, -0.2) is 0 Å². The molecular weight excluding hydrogens is 300 g/mol. The lowest BCUT2D eigenvalue weighted by Crippen LogP contribution is -2.62. The lowest BCUT2D eigenvalue weighted by atomic mass is 9.79. The summed E-state index contributed by atoms with van der Waals surface area (Å²) in [6, 6.07) is 0.644. The molecule has 0 bridgehead atoms. The van der Waals surface area contributed by atoms with Gasteiger partial charge in [-0.3, -0.25) is 9.69 Å². The Morgan fingerprint density at radius 1 is 1.21 bits per heavy atom. The van der Waals surface area contributed by atoms with Gasteiger partial charge in [0.25, 0.3) is 0 Å². The first-order chi connectivity index (χ1) is 10.9. The minimum absolute atomic E-state index is 0.0904. The number of nitrogens with zero attached hydrogens (tertiary/aromatic N) is 1. The van der Waals surface area contributed by atoms with Crippen molar-refractivity contribution in [3.63, 3.8) is 0 Å². The summed E-state index contributed by atoms with van der Waals surface area (Å²) in [5.41, 5.74) is -0.119. The molecule has 5 heteroatoms. The second kappa shape index (κ2) is 6.93. The second-order valence-electron chi connectivity index (χ2n) is 9.69. The SMILES string of the molecule is CNC(C)(C)C(=O)NC[C@H]1CCN(C2CC(C)(C)NC(C)(C)C2)C1. The molecule has 24 heavy (non-hydrogen) atoms. The molecule has 2 aliphatic rings. The van der Waals surface area contributed by atoms with Crippen LogP contribution in [-0.4, -0.2) is 60.1 Å². The third-order valence-electron chi connectivity index (χ3n) is 5.75. The molecule has 140 valence electrons. The zero-order valence-electron chi connectivity index (χ0n) is 16.8. The first-order valence-corrected chi connectivity index (χ1v) is 9.45. The van der Waals surface area contributed by atoms with E-state index >= 15 is 0 Å². The first kappa shape index (κ1) is 19.7. The number of hydrogen-bond acceptors (Lipinski definition) is 4. The van der Waals surface area contributed by atoms with Crippen molar-refractivity contribution in [3.8, 4) is 0 Å². The number of amides is 1. The zero-order chi connectivity index (χ0) is 18.2. The standard InChI is InChI=1S/C19H38N4O/c1-17(2)10-15(11-18(3,4)22-17)23-9-8-14(13-23)12-21-16(24)19(5,6)20-7/h14-15,20,22H,8-13H2,1-7H3,(H,21,24)/t14-/m1/s1. The fraction of sp³-hybridized carbons (Fsp3) is 0.947. The minimum atomic E-state index is -0.499. The third-order valence-corrected chi connectivity index (χ3v) is 5.75. The van der Waals surface area contributed by atoms with Crippen LogP contribution in [-0.2, 0) is 4.79 Å². The van der Waals surface area contributed by atoms with Crippen molar-refractivity contribution in [1.29, 1.82) is 0 Å². The normalized spacial score (nSPS) is 28.0. The van der Waals surface area contributed by atoms with Crippen LogP contribution in [0.4, 0.5) is 0 Å². The topological polar surface area (TPSA) is 56.4 Å². The quantitative estimate of drug-likeness (QED) is 0.715. The highest BCUT2D eigenvalue weighted by Gasteiger charge is 2.41. The minimum Gasteiger partial charge on any atom is -0.354 e. The van der Waals surface area contributed by atoms with Crippen LogP contribution in [0.25, 0.3) is 0 Å². The van der Waals surface area contributed by atoms with Crippen LogP contribution in [0.1, 0.15) is 60.8 Å². The molecule has 0 spiro atoms. The maximum Gasteiger partial charge on any atom is 0.239 e. The highest BCUT2D eigenvalue weighted by atomic mass is 16.2. The summed E-state index contributed by atoms with van der Waals surface area (Å²) in [6.45, 7) is 16.2. The van der Waals surface area contributed by atoms with E-state index in [9.17, 15) is 4.79 Å². The van der Waals surface area contributed by atoms with Gasteiger partial charge < -0.3 is 16.0 Å². The van der Waals surface area contributed by atoms with Crippen LogP contribution < -0.4 is 16.0 Å². The summed E-state index contributed by atoms with van der Waals surface area (Å²) in [5.74, 6) is 0.662. The Hall–Kier alpha value is -0.650. The molecule has 2 aliphatic heterocycles. The summed E-state index contributed by atoms with van der Waals surface area (Å²) in [4.78, 5) is 14.9. The highest BCUT2D eigenvalue weighted by Crippen LogP contribution is 2.33. The molecule has 0 aromatic carbocycles. The number of piperidine rings is 1. The Morgan fingerprint density at radius 2 is 1.79 bits per heavy atom. The molecule has 0 aliphatic carbocycles. The molecule has 5 nitrogen and oxygen atoms in total. The van der Waals surface area contributed by atoms with E-state index in [-0.39, 0.29) is 17.0 Å². The van der Waals surface area contributed by atoms with Crippen molar-refractivity contribution in [2.45, 2.75) is 83.5 Å². The van der Waals surface area contributed by atoms with Gasteiger partial charge in [-0.15, -0.1) is 0 Å². The van der Waals surface area contributed by atoms with Crippen LogP contribution in [0.2, 0.25) is 0 Å². The predicted molar refractivity (Wildman–Crippen MR) is 100 cm³/mol. The molecule has 2 fully saturated rings. The van der Waals surface area contributed by atoms with Crippen LogP contribution in [0.15, 0.2) is 0 Å². The molecular formula is C19H38N4O. The number of rotatable bonds is 5. The van der Waals surface area contributed by atoms with Gasteiger partial charge in [0.15, 0.2) is 0 Å². The number of nitrogens with one attached hydrogen (secondary N) is 3. The Bertz CT molecular complexity index is 442. The molecule has 2 rings (SSSR count). The second-order valence-corrected chi connectivity index (χ2v) is 9.69. The summed E-state index contributed by atoms with van der Waals surface area (Å²) in [5, 5.41) is 9.97. The summed E-state index contributed by atoms with van der Waals surface area (Å²) in [7, 11) is 1.83. The number of carbonyl (C=O) groups is 1. The maximum atomic E-state index is 12.2. The molecule has 0 aromatic heterocycles. The number of likely N-dealkylation sites (tertiary alicyclic amines) is 1. The number of likely N-dealkylation sites (N-methyl/N-ethyl adjacent to an activating group) is 1. The van der Waals surface area contributed by atoms with Crippen molar-refractivity contribution in [1.82, 2.24) is 20.9 Å². The molecule has 2 heterocycles. The predicted octanol–water partition coefficient (Wildman–Crippen LogP) is 1.73. The molecule has 0 saturated carbocycles. The smallest absolute Gasteiger partial charge is 0.239 e. The van der Waals surface area contributed by atoms with Gasteiger partial charge in [-0.05, 0) is 80.3 Å². The largest absolute Gasteiger partial charge is 0.354 e. The van der Waals surface area contributed by atoms with Gasteiger partial charge in [0.05, 0.1) is 5.54 Å². The van der Waals surface area contributed by atoms with Gasteiger partial charge in [0.2, 0.25) is 5.91 Å². The summed E-state index contributed by atoms with van der Waals surface area (Å²) in [6.07, 6.45) is 3.58. The lowest BCUT2D eigenvalue weighted by molar-refractivity contribution is -0.126. The molecule has 0 unspecified atom stereocenters. The van der Waals surface area contributed by atoms with E-state index in [2.05, 4.69) is 48.5 Å². The molecule has 3 N–H and O–H groups in total. The van der Waals surface area contributed by atoms with Crippen molar-refractivity contribution < 1.29 is 4.79 Å². The molecule has 0 aromatic rings. The van der Waals surface area contributed by atoms with Crippen molar-refractivity contribution in [3.05, 3.63) is 0 Å². The molecule has 2 saturated heterocycles. The van der Waals surface area contributed by atoms with E-state index in [4.69, 9.17) is 0 Å². The highest BCUT2D eigenvalue weighted by molar-refractivity contribution is 5.85. The summed E-state index contributed by atoms with van der Waals surface area (Å²) >= 11 is 0. The van der Waals surface area contributed by atoms with E-state index in [1.54, 1.807) is 0 Å². The molecule has 1 atom stereocenters. The van der Waals surface area contributed by atoms with Crippen molar-refractivity contribution in [2.24, 2.45) is 5.92 Å². The monoisotopic (exact) mass is 338 g/mol. The van der Waals surface area contributed by atoms with Crippen LogP contribution in [0.5, 0.6) is 0 Å². The fourth-order valence-corrected chi connectivity index (χ4v) is 4.46. The zero-order valence-corrected chi connectivity index (χ0v) is 16.8. The number of carbonyl (C=O) groups excluding carboxylic acids is 1. The number of hydrogen-bond donors (Lipinski definition) is 3. The Balaban J connectivity index is 1.86. The van der Waals surface area contributed by atoms with E-state index in [1.807, 2.05) is 20.9 Å². The van der Waals surface area contributed by atoms with Crippen LogP contribution >= 0.6 is 0 Å². The Kier molecular flexibility index (Phi) is 5.68. The lowest BCUT2D eigenvalue weighted by Gasteiger charge is -2.49. The average molecular weight is 339 g/mol. The average Bonchev–Trinajstić information content (AvgIpc) is 2.90. The van der Waals surface area contributed by atoms with Gasteiger partial charge >= 0.3 is 0 Å². The van der Waals surface area contributed by atoms with Crippen LogP contribution in [0, 0.1) is 5.92 Å². The van der Waals surface area contributed by atoms with Gasteiger partial charge in [-0.2, -0.15) is 0 Å².